The molecule has 3 fully saturated rings. The van der Waals surface area contributed by atoms with E-state index >= 15 is 0 Å². The Hall–Kier alpha value is -0.650. The number of amides is 1. The molecule has 5 heteroatoms. The SMILES string of the molecule is CN1CCN(C(=O)CCN2CCN(C)C3(CCCCC3)C2)CC1. The lowest BCUT2D eigenvalue weighted by Crippen LogP contribution is -2.61. The largest absolute Gasteiger partial charge is 0.340 e. The van der Waals surface area contributed by atoms with Crippen LogP contribution >= 0.6 is 0 Å². The molecule has 132 valence electrons. The molecule has 0 aromatic heterocycles. The van der Waals surface area contributed by atoms with Gasteiger partial charge >= 0.3 is 0 Å². The van der Waals surface area contributed by atoms with Crippen LogP contribution in [0.25, 0.3) is 0 Å². The summed E-state index contributed by atoms with van der Waals surface area (Å²) in [4.78, 5) is 22.0. The van der Waals surface area contributed by atoms with Gasteiger partial charge in [-0.1, -0.05) is 19.3 Å². The Bertz CT molecular complexity index is 400. The third kappa shape index (κ3) is 4.06. The van der Waals surface area contributed by atoms with Crippen molar-refractivity contribution in [3.05, 3.63) is 0 Å². The summed E-state index contributed by atoms with van der Waals surface area (Å²) in [5, 5.41) is 0. The van der Waals surface area contributed by atoms with Gasteiger partial charge in [0.25, 0.3) is 0 Å². The third-order valence-electron chi connectivity index (χ3n) is 6.36. The molecule has 23 heavy (non-hydrogen) atoms. The van der Waals surface area contributed by atoms with Crippen LogP contribution in [0.5, 0.6) is 0 Å². The number of nitrogens with zero attached hydrogens (tertiary/aromatic N) is 4. The van der Waals surface area contributed by atoms with Gasteiger partial charge in [0, 0.05) is 64.3 Å². The fraction of sp³-hybridized carbons (Fsp3) is 0.944. The molecule has 2 aliphatic heterocycles. The van der Waals surface area contributed by atoms with Crippen LogP contribution in [0.2, 0.25) is 0 Å². The van der Waals surface area contributed by atoms with Crippen LogP contribution in [0.3, 0.4) is 0 Å². The van der Waals surface area contributed by atoms with E-state index in [9.17, 15) is 4.79 Å². The quantitative estimate of drug-likeness (QED) is 0.778. The maximum absolute atomic E-state index is 12.4. The van der Waals surface area contributed by atoms with E-state index in [2.05, 4.69) is 33.7 Å². The molecule has 1 aliphatic carbocycles. The van der Waals surface area contributed by atoms with Crippen molar-refractivity contribution in [3.8, 4) is 0 Å². The maximum Gasteiger partial charge on any atom is 0.223 e. The summed E-state index contributed by atoms with van der Waals surface area (Å²) in [6.07, 6.45) is 7.52. The van der Waals surface area contributed by atoms with Gasteiger partial charge in [0.1, 0.15) is 0 Å². The lowest BCUT2D eigenvalue weighted by molar-refractivity contribution is -0.133. The zero-order valence-electron chi connectivity index (χ0n) is 15.1. The van der Waals surface area contributed by atoms with E-state index in [4.69, 9.17) is 0 Å². The van der Waals surface area contributed by atoms with Crippen LogP contribution in [0.4, 0.5) is 0 Å². The van der Waals surface area contributed by atoms with Crippen molar-refractivity contribution in [1.82, 2.24) is 19.6 Å². The van der Waals surface area contributed by atoms with Gasteiger partial charge in [-0.3, -0.25) is 14.6 Å². The minimum Gasteiger partial charge on any atom is -0.340 e. The number of carbonyl (C=O) groups is 1. The van der Waals surface area contributed by atoms with Crippen LogP contribution in [-0.4, -0.2) is 97.5 Å². The molecule has 1 spiro atoms. The summed E-state index contributed by atoms with van der Waals surface area (Å²) in [7, 11) is 4.44. The number of hydrogen-bond donors (Lipinski definition) is 0. The van der Waals surface area contributed by atoms with Gasteiger partial charge in [-0.15, -0.1) is 0 Å². The summed E-state index contributed by atoms with van der Waals surface area (Å²) >= 11 is 0. The first-order valence-electron chi connectivity index (χ1n) is 9.49. The second kappa shape index (κ2) is 7.49. The highest BCUT2D eigenvalue weighted by molar-refractivity contribution is 5.76. The normalized spacial score (nSPS) is 27.5. The van der Waals surface area contributed by atoms with Crippen LogP contribution < -0.4 is 0 Å². The molecule has 5 nitrogen and oxygen atoms in total. The highest BCUT2D eigenvalue weighted by atomic mass is 16.2. The van der Waals surface area contributed by atoms with Crippen molar-refractivity contribution in [2.75, 3.05) is 66.5 Å². The van der Waals surface area contributed by atoms with E-state index < -0.39 is 0 Å². The van der Waals surface area contributed by atoms with E-state index in [0.29, 0.717) is 17.9 Å². The molecule has 0 aromatic carbocycles. The first-order chi connectivity index (χ1) is 11.1. The Labute approximate surface area is 141 Å². The second-order valence-electron chi connectivity index (χ2n) is 7.92. The summed E-state index contributed by atoms with van der Waals surface area (Å²) in [6, 6.07) is 0. The standard InChI is InChI=1S/C18H34N4O/c1-19-10-14-22(15-11-19)17(23)6-9-21-13-12-20(2)18(16-21)7-4-3-5-8-18/h3-16H2,1-2H3. The van der Waals surface area contributed by atoms with Gasteiger partial charge in [0.05, 0.1) is 0 Å². The van der Waals surface area contributed by atoms with Gasteiger partial charge in [-0.2, -0.15) is 0 Å². The molecule has 0 aromatic rings. The lowest BCUT2D eigenvalue weighted by atomic mass is 9.79. The van der Waals surface area contributed by atoms with E-state index in [1.807, 2.05) is 0 Å². The number of likely N-dealkylation sites (N-methyl/N-ethyl adjacent to an activating group) is 2. The Balaban J connectivity index is 1.47. The fourth-order valence-corrected chi connectivity index (χ4v) is 4.55. The number of carbonyl (C=O) groups excluding carboxylic acids is 1. The van der Waals surface area contributed by atoms with E-state index in [0.717, 1.165) is 45.8 Å². The molecule has 1 amide bonds. The van der Waals surface area contributed by atoms with Crippen molar-refractivity contribution in [3.63, 3.8) is 0 Å². The van der Waals surface area contributed by atoms with Crippen LogP contribution in [0.15, 0.2) is 0 Å². The molecule has 1 saturated carbocycles. The molecule has 0 bridgehead atoms. The third-order valence-corrected chi connectivity index (χ3v) is 6.36. The van der Waals surface area contributed by atoms with Crippen molar-refractivity contribution in [2.45, 2.75) is 44.1 Å². The average Bonchev–Trinajstić information content (AvgIpc) is 2.57. The smallest absolute Gasteiger partial charge is 0.223 e. The highest BCUT2D eigenvalue weighted by Crippen LogP contribution is 2.35. The van der Waals surface area contributed by atoms with Crippen LogP contribution in [-0.2, 0) is 4.79 Å². The second-order valence-corrected chi connectivity index (χ2v) is 7.92. The Kier molecular flexibility index (Phi) is 5.60. The number of hydrogen-bond acceptors (Lipinski definition) is 4. The summed E-state index contributed by atoms with van der Waals surface area (Å²) < 4.78 is 0. The molecule has 2 saturated heterocycles. The van der Waals surface area contributed by atoms with Gasteiger partial charge in [-0.25, -0.2) is 0 Å². The molecule has 3 rings (SSSR count). The molecule has 0 radical (unpaired) electrons. The molecular weight excluding hydrogens is 288 g/mol. The zero-order valence-corrected chi connectivity index (χ0v) is 15.1. The highest BCUT2D eigenvalue weighted by Gasteiger charge is 2.40. The Morgan fingerprint density at radius 3 is 2.30 bits per heavy atom. The number of piperazine rings is 2. The van der Waals surface area contributed by atoms with Crippen molar-refractivity contribution in [2.24, 2.45) is 0 Å². The summed E-state index contributed by atoms with van der Waals surface area (Å²) in [5.74, 6) is 0.356. The minimum absolute atomic E-state index is 0.356. The molecule has 2 heterocycles. The van der Waals surface area contributed by atoms with E-state index in [1.165, 1.54) is 38.6 Å². The van der Waals surface area contributed by atoms with Crippen molar-refractivity contribution >= 4 is 5.91 Å². The topological polar surface area (TPSA) is 30.0 Å². The van der Waals surface area contributed by atoms with Crippen molar-refractivity contribution in [1.29, 1.82) is 0 Å². The Morgan fingerprint density at radius 1 is 0.913 bits per heavy atom. The molecule has 3 aliphatic rings. The van der Waals surface area contributed by atoms with E-state index in [-0.39, 0.29) is 0 Å². The lowest BCUT2D eigenvalue weighted by Gasteiger charge is -2.51. The monoisotopic (exact) mass is 322 g/mol. The first kappa shape index (κ1) is 17.2. The predicted octanol–water partition coefficient (Wildman–Crippen LogP) is 1.10. The molecular formula is C18H34N4O. The summed E-state index contributed by atoms with van der Waals surface area (Å²) in [5.41, 5.74) is 0.396. The molecule has 0 unspecified atom stereocenters. The minimum atomic E-state index is 0.356. The fourth-order valence-electron chi connectivity index (χ4n) is 4.55. The molecule has 0 N–H and O–H groups in total. The molecule has 0 atom stereocenters. The van der Waals surface area contributed by atoms with Crippen LogP contribution in [0.1, 0.15) is 38.5 Å². The summed E-state index contributed by atoms with van der Waals surface area (Å²) in [6.45, 7) is 8.23. The van der Waals surface area contributed by atoms with Gasteiger partial charge in [0.15, 0.2) is 0 Å². The predicted molar refractivity (Wildman–Crippen MR) is 93.6 cm³/mol. The van der Waals surface area contributed by atoms with Gasteiger partial charge in [-0.05, 0) is 26.9 Å². The van der Waals surface area contributed by atoms with Gasteiger partial charge in [0.2, 0.25) is 5.91 Å². The van der Waals surface area contributed by atoms with Crippen molar-refractivity contribution < 1.29 is 4.79 Å². The maximum atomic E-state index is 12.4. The van der Waals surface area contributed by atoms with Gasteiger partial charge < -0.3 is 9.80 Å². The Morgan fingerprint density at radius 2 is 1.61 bits per heavy atom. The average molecular weight is 322 g/mol. The number of rotatable bonds is 3. The first-order valence-corrected chi connectivity index (χ1v) is 9.49. The van der Waals surface area contributed by atoms with Crippen LogP contribution in [0, 0.1) is 0 Å². The van der Waals surface area contributed by atoms with E-state index in [1.54, 1.807) is 0 Å². The zero-order chi connectivity index (χ0) is 16.3.